The Morgan fingerprint density at radius 1 is 1.06 bits per heavy atom. The fourth-order valence-corrected chi connectivity index (χ4v) is 1.11. The van der Waals surface area contributed by atoms with Crippen molar-refractivity contribution >= 4 is 0 Å². The topological polar surface area (TPSA) is 43.6 Å². The highest BCUT2D eigenvalue weighted by Crippen LogP contribution is 2.15. The summed E-state index contributed by atoms with van der Waals surface area (Å²) in [5.74, 6) is 0.785. The van der Waals surface area contributed by atoms with Crippen molar-refractivity contribution in [3.63, 3.8) is 0 Å². The Hall–Kier alpha value is -1.78. The zero-order chi connectivity index (χ0) is 13.8. The van der Waals surface area contributed by atoms with Gasteiger partial charge in [-0.2, -0.15) is 5.10 Å². The molecule has 0 saturated carbocycles. The molecule has 0 aliphatic rings. The summed E-state index contributed by atoms with van der Waals surface area (Å²) < 4.78 is 13.4. The van der Waals surface area contributed by atoms with Crippen LogP contribution in [0, 0.1) is 6.92 Å². The van der Waals surface area contributed by atoms with E-state index >= 15 is 0 Å². The molecule has 0 atom stereocenters. The van der Waals surface area contributed by atoms with Gasteiger partial charge in [0.25, 0.3) is 0 Å². The molecule has 18 heavy (non-hydrogen) atoms. The normalized spacial score (nSPS) is 10.8. The first kappa shape index (κ1) is 14.3. The van der Waals surface area contributed by atoms with Crippen molar-refractivity contribution in [3.8, 4) is 11.1 Å². The van der Waals surface area contributed by atoms with Gasteiger partial charge in [0.1, 0.15) is 11.5 Å². The average Bonchev–Trinajstić information content (AvgIpc) is 2.63. The van der Waals surface area contributed by atoms with Crippen molar-refractivity contribution in [2.75, 3.05) is 0 Å². The van der Waals surface area contributed by atoms with Crippen LogP contribution < -0.4 is 0 Å². The van der Waals surface area contributed by atoms with Crippen LogP contribution in [0.1, 0.15) is 26.6 Å². The highest BCUT2D eigenvalue weighted by atomic mass is 19.1. The van der Waals surface area contributed by atoms with Crippen LogP contribution in [0.4, 0.5) is 4.39 Å². The van der Waals surface area contributed by atoms with Gasteiger partial charge in [0.2, 0.25) is 0 Å². The maximum Gasteiger partial charge on any atom is 0.125 e. The third kappa shape index (κ3) is 5.52. The van der Waals surface area contributed by atoms with Gasteiger partial charge in [-0.1, -0.05) is 0 Å². The molecule has 98 valence electrons. The van der Waals surface area contributed by atoms with E-state index in [1.165, 1.54) is 20.8 Å². The summed E-state index contributed by atoms with van der Waals surface area (Å²) in [6.07, 6.45) is 7.35. The number of nitrogens with zero attached hydrogens (tertiary/aromatic N) is 4. The molecule has 5 heteroatoms. The summed E-state index contributed by atoms with van der Waals surface area (Å²) in [4.78, 5) is 8.23. The van der Waals surface area contributed by atoms with Crippen molar-refractivity contribution < 1.29 is 4.39 Å². The fraction of sp³-hybridized carbons (Fsp3) is 0.462. The van der Waals surface area contributed by atoms with Gasteiger partial charge in [-0.3, -0.25) is 4.68 Å². The van der Waals surface area contributed by atoms with E-state index in [9.17, 15) is 4.39 Å². The Labute approximate surface area is 107 Å². The number of halogens is 1. The monoisotopic (exact) mass is 250 g/mol. The second-order valence-electron chi connectivity index (χ2n) is 4.99. The molecule has 0 fully saturated rings. The van der Waals surface area contributed by atoms with E-state index in [1.807, 2.05) is 20.2 Å². The van der Waals surface area contributed by atoms with Crippen molar-refractivity contribution in [2.45, 2.75) is 33.4 Å². The molecule has 2 heterocycles. The Morgan fingerprint density at radius 2 is 1.56 bits per heavy atom. The van der Waals surface area contributed by atoms with E-state index in [2.05, 4.69) is 15.1 Å². The number of alkyl halides is 1. The largest absolute Gasteiger partial charge is 0.275 e. The van der Waals surface area contributed by atoms with Crippen LogP contribution in [0.3, 0.4) is 0 Å². The summed E-state index contributed by atoms with van der Waals surface area (Å²) in [5.41, 5.74) is 1.04. The third-order valence-electron chi connectivity index (χ3n) is 1.82. The highest BCUT2D eigenvalue weighted by molar-refractivity contribution is 5.59. The Bertz CT molecular complexity index is 476. The molecular formula is C13H19FN4. The van der Waals surface area contributed by atoms with Gasteiger partial charge in [0.05, 0.1) is 6.20 Å². The molecule has 2 rings (SSSR count). The summed E-state index contributed by atoms with van der Waals surface area (Å²) >= 11 is 0. The maximum absolute atomic E-state index is 11.7. The van der Waals surface area contributed by atoms with Crippen LogP contribution in [-0.2, 0) is 7.05 Å². The molecule has 0 aliphatic heterocycles. The van der Waals surface area contributed by atoms with Crippen LogP contribution in [0.25, 0.3) is 11.1 Å². The number of hydrogen-bond donors (Lipinski definition) is 0. The lowest BCUT2D eigenvalue weighted by molar-refractivity contribution is 0.246. The lowest BCUT2D eigenvalue weighted by Gasteiger charge is -1.99. The first-order valence-corrected chi connectivity index (χ1v) is 5.72. The molecule has 0 amide bonds. The molecule has 2 aromatic heterocycles. The minimum absolute atomic E-state index is 0.785. The van der Waals surface area contributed by atoms with Gasteiger partial charge in [-0.05, 0) is 27.7 Å². The van der Waals surface area contributed by atoms with Gasteiger partial charge in [0.15, 0.2) is 0 Å². The third-order valence-corrected chi connectivity index (χ3v) is 1.82. The average molecular weight is 250 g/mol. The predicted molar refractivity (Wildman–Crippen MR) is 69.8 cm³/mol. The minimum Gasteiger partial charge on any atom is -0.275 e. The molecule has 2 aromatic rings. The van der Waals surface area contributed by atoms with Crippen LogP contribution in [0.15, 0.2) is 24.8 Å². The Kier molecular flexibility index (Phi) is 4.53. The number of aryl methyl sites for hydroxylation is 2. The van der Waals surface area contributed by atoms with E-state index in [1.54, 1.807) is 23.3 Å². The molecule has 0 aliphatic carbocycles. The van der Waals surface area contributed by atoms with Crippen molar-refractivity contribution in [1.29, 1.82) is 0 Å². The smallest absolute Gasteiger partial charge is 0.125 e. The van der Waals surface area contributed by atoms with Crippen LogP contribution in [-0.4, -0.2) is 25.4 Å². The fourth-order valence-electron chi connectivity index (χ4n) is 1.11. The molecule has 0 N–H and O–H groups in total. The molecule has 0 unspecified atom stereocenters. The van der Waals surface area contributed by atoms with Gasteiger partial charge < -0.3 is 0 Å². The number of hydrogen-bond acceptors (Lipinski definition) is 3. The van der Waals surface area contributed by atoms with Crippen LogP contribution >= 0.6 is 0 Å². The molecule has 4 nitrogen and oxygen atoms in total. The maximum atomic E-state index is 11.7. The lowest BCUT2D eigenvalue weighted by atomic mass is 10.2. The summed E-state index contributed by atoms with van der Waals surface area (Å²) in [5, 5.41) is 4.08. The molecule has 0 radical (unpaired) electrons. The van der Waals surface area contributed by atoms with E-state index in [4.69, 9.17) is 0 Å². The van der Waals surface area contributed by atoms with Gasteiger partial charge in [0, 0.05) is 36.8 Å². The quantitative estimate of drug-likeness (QED) is 0.781. The second kappa shape index (κ2) is 5.71. The molecule has 0 bridgehead atoms. The summed E-state index contributed by atoms with van der Waals surface area (Å²) in [6.45, 7) is 6.43. The second-order valence-corrected chi connectivity index (χ2v) is 4.99. The standard InChI is InChI=1S/C9H10N4.C4H9F/c1-7-10-3-8(4-11-7)9-5-12-13(2)6-9;1-4(2,3)5/h3-6H,1-2H3;1-3H3. The first-order valence-electron chi connectivity index (χ1n) is 5.72. The van der Waals surface area contributed by atoms with Gasteiger partial charge >= 0.3 is 0 Å². The number of rotatable bonds is 1. The van der Waals surface area contributed by atoms with E-state index in [0.717, 1.165) is 17.0 Å². The lowest BCUT2D eigenvalue weighted by Crippen LogP contribution is -2.01. The summed E-state index contributed by atoms with van der Waals surface area (Å²) in [7, 11) is 1.89. The Morgan fingerprint density at radius 3 is 1.94 bits per heavy atom. The molecule has 0 spiro atoms. The molecular weight excluding hydrogens is 231 g/mol. The van der Waals surface area contributed by atoms with Crippen molar-refractivity contribution in [1.82, 2.24) is 19.7 Å². The van der Waals surface area contributed by atoms with Crippen LogP contribution in [0.2, 0.25) is 0 Å². The predicted octanol–water partition coefficient (Wildman–Crippen LogP) is 2.94. The van der Waals surface area contributed by atoms with Gasteiger partial charge in [-0.25, -0.2) is 14.4 Å². The zero-order valence-electron chi connectivity index (χ0n) is 11.5. The van der Waals surface area contributed by atoms with Crippen molar-refractivity contribution in [3.05, 3.63) is 30.6 Å². The van der Waals surface area contributed by atoms with Gasteiger partial charge in [-0.15, -0.1) is 0 Å². The van der Waals surface area contributed by atoms with E-state index in [-0.39, 0.29) is 0 Å². The Balaban J connectivity index is 0.000000280. The molecule has 0 saturated heterocycles. The SMILES string of the molecule is CC(C)(C)F.Cc1ncc(-c2cnn(C)c2)cn1. The van der Waals surface area contributed by atoms with E-state index < -0.39 is 5.67 Å². The number of aromatic nitrogens is 4. The zero-order valence-corrected chi connectivity index (χ0v) is 11.5. The van der Waals surface area contributed by atoms with Crippen LogP contribution in [0.5, 0.6) is 0 Å². The first-order chi connectivity index (χ1) is 8.25. The minimum atomic E-state index is -1.00. The summed E-state index contributed by atoms with van der Waals surface area (Å²) in [6, 6.07) is 0. The van der Waals surface area contributed by atoms with E-state index in [0.29, 0.717) is 0 Å². The highest BCUT2D eigenvalue weighted by Gasteiger charge is 2.02. The van der Waals surface area contributed by atoms with Crippen molar-refractivity contribution in [2.24, 2.45) is 7.05 Å². The molecule has 0 aromatic carbocycles.